The minimum Gasteiger partial charge on any atom is -0.346 e. The molecule has 1 aliphatic rings. The zero-order valence-corrected chi connectivity index (χ0v) is 15.5. The van der Waals surface area contributed by atoms with Crippen LogP contribution in [0.1, 0.15) is 18.2 Å². The van der Waals surface area contributed by atoms with Crippen LogP contribution >= 0.6 is 8.25 Å². The van der Waals surface area contributed by atoms with E-state index in [1.54, 1.807) is 0 Å². The average molecular weight is 413 g/mol. The normalized spacial score (nSPS) is 22.0. The van der Waals surface area contributed by atoms with Crippen LogP contribution in [0.3, 0.4) is 0 Å². The maximum atomic E-state index is 14.3. The number of nitrogens with zero attached hydrogens (tertiary/aromatic N) is 2. The van der Waals surface area contributed by atoms with E-state index in [1.807, 2.05) is 30.3 Å². The summed E-state index contributed by atoms with van der Waals surface area (Å²) in [6.07, 6.45) is -2.60. The fourth-order valence-electron chi connectivity index (χ4n) is 2.79. The van der Waals surface area contributed by atoms with Crippen LogP contribution in [0.2, 0.25) is 0 Å². The molecule has 0 aliphatic carbocycles. The van der Waals surface area contributed by atoms with Gasteiger partial charge in [0.1, 0.15) is 5.82 Å². The Labute approximate surface area is 159 Å². The smallest absolute Gasteiger partial charge is 0.346 e. The molecule has 2 N–H and O–H groups in total. The number of rotatable bonds is 7. The lowest BCUT2D eigenvalue weighted by Crippen LogP contribution is -2.35. The molecule has 0 spiro atoms. The summed E-state index contributed by atoms with van der Waals surface area (Å²) in [6, 6.07) is 10.5. The van der Waals surface area contributed by atoms with Crippen LogP contribution in [0.15, 0.2) is 54.0 Å². The molecule has 1 fully saturated rings. The standard InChI is InChI=1S/C17H18F2N3O5P/c1-11(12-5-3-2-4-6-12)20-14-7-8-22(16(23)21-14)15-17(18,19)9-13(27-15)10-26-28(24)25/h2-8,13,15,28H,1,9-10H2,(H,24,25)(H,20,21,23)/t13-,15+/m0/s1. The predicted octanol–water partition coefficient (Wildman–Crippen LogP) is 2.65. The second-order valence-electron chi connectivity index (χ2n) is 6.12. The van der Waals surface area contributed by atoms with E-state index in [4.69, 9.17) is 9.63 Å². The number of aromatic nitrogens is 2. The maximum absolute atomic E-state index is 14.3. The van der Waals surface area contributed by atoms with Gasteiger partial charge in [-0.2, -0.15) is 4.98 Å². The molecule has 1 saturated heterocycles. The molecule has 150 valence electrons. The number of benzene rings is 1. The SMILES string of the molecule is C=C(Nc1ccn([C@@H]2O[C@H](CO[PH](=O)O)CC2(F)F)c(=O)n1)c1ccccc1. The summed E-state index contributed by atoms with van der Waals surface area (Å²) < 4.78 is 49.4. The van der Waals surface area contributed by atoms with Crippen LogP contribution < -0.4 is 11.0 Å². The van der Waals surface area contributed by atoms with Crippen molar-refractivity contribution in [2.24, 2.45) is 0 Å². The van der Waals surface area contributed by atoms with Gasteiger partial charge >= 0.3 is 13.9 Å². The predicted molar refractivity (Wildman–Crippen MR) is 98.2 cm³/mol. The summed E-state index contributed by atoms with van der Waals surface area (Å²) in [7, 11) is -3.26. The number of anilines is 1. The molecule has 28 heavy (non-hydrogen) atoms. The van der Waals surface area contributed by atoms with Gasteiger partial charge in [0.05, 0.1) is 12.7 Å². The molecular formula is C17H18F2N3O5P. The lowest BCUT2D eigenvalue weighted by molar-refractivity contribution is -0.119. The van der Waals surface area contributed by atoms with E-state index in [0.717, 1.165) is 11.8 Å². The van der Waals surface area contributed by atoms with Crippen molar-refractivity contribution in [3.05, 3.63) is 65.2 Å². The number of ether oxygens (including phenoxy) is 1. The molecule has 2 heterocycles. The highest BCUT2D eigenvalue weighted by Crippen LogP contribution is 2.42. The van der Waals surface area contributed by atoms with Crippen molar-refractivity contribution in [2.75, 3.05) is 11.9 Å². The van der Waals surface area contributed by atoms with Crippen LogP contribution in [-0.4, -0.2) is 33.1 Å². The van der Waals surface area contributed by atoms with Gasteiger partial charge in [0.15, 0.2) is 0 Å². The second-order valence-corrected chi connectivity index (χ2v) is 6.95. The van der Waals surface area contributed by atoms with E-state index in [1.165, 1.54) is 6.07 Å². The van der Waals surface area contributed by atoms with E-state index in [2.05, 4.69) is 21.4 Å². The van der Waals surface area contributed by atoms with Crippen LogP contribution in [0, 0.1) is 0 Å². The van der Waals surface area contributed by atoms with Crippen LogP contribution in [0.25, 0.3) is 5.70 Å². The summed E-state index contributed by atoms with van der Waals surface area (Å²) in [5.41, 5.74) is 0.335. The van der Waals surface area contributed by atoms with Gasteiger partial charge in [0.25, 0.3) is 5.92 Å². The largest absolute Gasteiger partial charge is 0.351 e. The quantitative estimate of drug-likeness (QED) is 0.673. The summed E-state index contributed by atoms with van der Waals surface area (Å²) >= 11 is 0. The van der Waals surface area contributed by atoms with Gasteiger partial charge in [0, 0.05) is 18.3 Å². The maximum Gasteiger partial charge on any atom is 0.351 e. The fourth-order valence-corrected chi connectivity index (χ4v) is 3.12. The third-order valence-electron chi connectivity index (χ3n) is 4.06. The first-order valence-corrected chi connectivity index (χ1v) is 9.52. The topological polar surface area (TPSA) is 103 Å². The highest BCUT2D eigenvalue weighted by atomic mass is 31.1. The Bertz CT molecular complexity index is 938. The van der Waals surface area contributed by atoms with E-state index >= 15 is 0 Å². The molecular weight excluding hydrogens is 395 g/mol. The zero-order chi connectivity index (χ0) is 20.3. The molecule has 11 heteroatoms. The molecule has 1 aromatic carbocycles. The molecule has 0 radical (unpaired) electrons. The van der Waals surface area contributed by atoms with Gasteiger partial charge in [0.2, 0.25) is 6.23 Å². The summed E-state index contributed by atoms with van der Waals surface area (Å²) in [6.45, 7) is 3.38. The Hall–Kier alpha value is -2.39. The molecule has 3 atom stereocenters. The minimum atomic E-state index is -3.37. The molecule has 2 aromatic rings. The molecule has 8 nitrogen and oxygen atoms in total. The Morgan fingerprint density at radius 2 is 2.14 bits per heavy atom. The van der Waals surface area contributed by atoms with Crippen LogP contribution in [0.4, 0.5) is 14.6 Å². The van der Waals surface area contributed by atoms with Crippen molar-refractivity contribution >= 4 is 19.8 Å². The molecule has 0 amide bonds. The lowest BCUT2D eigenvalue weighted by Gasteiger charge is -2.20. The van der Waals surface area contributed by atoms with Crippen LogP contribution in [-0.2, 0) is 13.8 Å². The number of halogens is 2. The lowest BCUT2D eigenvalue weighted by atomic mass is 10.2. The van der Waals surface area contributed by atoms with Crippen molar-refractivity contribution in [3.8, 4) is 0 Å². The van der Waals surface area contributed by atoms with Crippen molar-refractivity contribution in [2.45, 2.75) is 24.7 Å². The molecule has 1 aliphatic heterocycles. The van der Waals surface area contributed by atoms with Crippen molar-refractivity contribution in [1.29, 1.82) is 0 Å². The summed E-state index contributed by atoms with van der Waals surface area (Å²) in [5, 5.41) is 2.85. The van der Waals surface area contributed by atoms with E-state index in [9.17, 15) is 18.1 Å². The monoisotopic (exact) mass is 413 g/mol. The summed E-state index contributed by atoms with van der Waals surface area (Å²) in [5.74, 6) is -3.22. The number of alkyl halides is 2. The molecule has 1 aromatic heterocycles. The Kier molecular flexibility index (Phi) is 6.04. The van der Waals surface area contributed by atoms with E-state index in [-0.39, 0.29) is 5.82 Å². The van der Waals surface area contributed by atoms with Crippen molar-refractivity contribution in [3.63, 3.8) is 0 Å². The molecule has 0 bridgehead atoms. The van der Waals surface area contributed by atoms with Gasteiger partial charge in [-0.25, -0.2) is 13.6 Å². The molecule has 1 unspecified atom stereocenters. The molecule has 3 rings (SSSR count). The second kappa shape index (κ2) is 8.32. The Morgan fingerprint density at radius 3 is 2.79 bits per heavy atom. The fraction of sp³-hybridized carbons (Fsp3) is 0.294. The molecule has 0 saturated carbocycles. The van der Waals surface area contributed by atoms with Gasteiger partial charge in [-0.3, -0.25) is 9.13 Å². The van der Waals surface area contributed by atoms with Crippen LogP contribution in [0.5, 0.6) is 0 Å². The average Bonchev–Trinajstić information content (AvgIpc) is 2.95. The van der Waals surface area contributed by atoms with Gasteiger partial charge < -0.3 is 19.5 Å². The first-order valence-electron chi connectivity index (χ1n) is 8.26. The third-order valence-corrected chi connectivity index (χ3v) is 4.47. The van der Waals surface area contributed by atoms with Crippen molar-refractivity contribution in [1.82, 2.24) is 9.55 Å². The van der Waals surface area contributed by atoms with E-state index in [0.29, 0.717) is 10.3 Å². The number of nitrogens with one attached hydrogen (secondary N) is 1. The number of hydrogen-bond donors (Lipinski definition) is 2. The van der Waals surface area contributed by atoms with Gasteiger partial charge in [-0.05, 0) is 11.6 Å². The highest BCUT2D eigenvalue weighted by Gasteiger charge is 2.52. The first-order chi connectivity index (χ1) is 13.3. The minimum absolute atomic E-state index is 0.148. The van der Waals surface area contributed by atoms with Crippen molar-refractivity contribution < 1.29 is 27.5 Å². The van der Waals surface area contributed by atoms with Gasteiger partial charge in [-0.15, -0.1) is 0 Å². The van der Waals surface area contributed by atoms with Gasteiger partial charge in [-0.1, -0.05) is 36.9 Å². The Morgan fingerprint density at radius 1 is 1.43 bits per heavy atom. The third kappa shape index (κ3) is 4.71. The highest BCUT2D eigenvalue weighted by molar-refractivity contribution is 7.32. The Balaban J connectivity index is 1.74. The number of hydrogen-bond acceptors (Lipinski definition) is 6. The first kappa shape index (κ1) is 20.3. The van der Waals surface area contributed by atoms with E-state index < -0.39 is 45.2 Å². The summed E-state index contributed by atoms with van der Waals surface area (Å²) in [4.78, 5) is 24.7. The zero-order valence-electron chi connectivity index (χ0n) is 14.5.